The fraction of sp³-hybridized carbons (Fsp3) is 0.222. The van der Waals surface area contributed by atoms with E-state index in [0.717, 1.165) is 26.7 Å². The zero-order valence-electron chi connectivity index (χ0n) is 12.6. The normalized spacial score (nSPS) is 10.4. The van der Waals surface area contributed by atoms with Gasteiger partial charge in [-0.3, -0.25) is 4.90 Å². The standard InChI is InChI=1S/C18H18BrNO2/c1-20(2)9-3-4-15-10-13(12-21)11-17(19)18(15)14-5-7-16(22)8-6-14/h5-8,10-11,21-22H,9,12H2,1-2H3. The molecule has 0 unspecified atom stereocenters. The molecule has 2 aromatic rings. The van der Waals surface area contributed by atoms with Crippen LogP contribution in [0.2, 0.25) is 0 Å². The first kappa shape index (κ1) is 16.6. The van der Waals surface area contributed by atoms with Crippen LogP contribution in [0.15, 0.2) is 40.9 Å². The smallest absolute Gasteiger partial charge is 0.115 e. The van der Waals surface area contributed by atoms with Crippen molar-refractivity contribution in [2.24, 2.45) is 0 Å². The summed E-state index contributed by atoms with van der Waals surface area (Å²) in [5.41, 5.74) is 3.58. The van der Waals surface area contributed by atoms with Crippen LogP contribution in [0.5, 0.6) is 5.75 Å². The molecule has 0 aliphatic rings. The third kappa shape index (κ3) is 4.11. The van der Waals surface area contributed by atoms with E-state index >= 15 is 0 Å². The van der Waals surface area contributed by atoms with Gasteiger partial charge >= 0.3 is 0 Å². The average molecular weight is 360 g/mol. The van der Waals surface area contributed by atoms with Gasteiger partial charge in [0.15, 0.2) is 0 Å². The number of phenols is 1. The van der Waals surface area contributed by atoms with Crippen molar-refractivity contribution in [3.05, 3.63) is 52.0 Å². The minimum atomic E-state index is -0.0309. The third-order valence-electron chi connectivity index (χ3n) is 3.11. The molecule has 114 valence electrons. The Hall–Kier alpha value is -1.80. The molecule has 0 aliphatic carbocycles. The van der Waals surface area contributed by atoms with Gasteiger partial charge in [0.05, 0.1) is 13.2 Å². The number of aliphatic hydroxyl groups is 1. The van der Waals surface area contributed by atoms with Crippen molar-refractivity contribution in [1.82, 2.24) is 4.90 Å². The molecule has 22 heavy (non-hydrogen) atoms. The van der Waals surface area contributed by atoms with E-state index in [1.807, 2.05) is 43.3 Å². The van der Waals surface area contributed by atoms with Gasteiger partial charge in [-0.15, -0.1) is 0 Å². The van der Waals surface area contributed by atoms with Gasteiger partial charge in [0.2, 0.25) is 0 Å². The lowest BCUT2D eigenvalue weighted by atomic mass is 9.97. The zero-order valence-corrected chi connectivity index (χ0v) is 14.2. The molecule has 0 saturated heterocycles. The number of hydrogen-bond donors (Lipinski definition) is 2. The quantitative estimate of drug-likeness (QED) is 0.826. The molecule has 2 aromatic carbocycles. The highest BCUT2D eigenvalue weighted by atomic mass is 79.9. The number of rotatable bonds is 3. The summed E-state index contributed by atoms with van der Waals surface area (Å²) < 4.78 is 0.874. The van der Waals surface area contributed by atoms with Gasteiger partial charge in [0, 0.05) is 15.6 Å². The summed E-state index contributed by atoms with van der Waals surface area (Å²) in [5, 5.41) is 18.8. The van der Waals surface area contributed by atoms with E-state index in [1.54, 1.807) is 12.1 Å². The summed E-state index contributed by atoms with van der Waals surface area (Å²) in [7, 11) is 3.94. The summed E-state index contributed by atoms with van der Waals surface area (Å²) in [4.78, 5) is 2.00. The van der Waals surface area contributed by atoms with Crippen LogP contribution in [-0.2, 0) is 6.61 Å². The maximum atomic E-state index is 9.45. The summed E-state index contributed by atoms with van der Waals surface area (Å²) in [6, 6.07) is 10.8. The Bertz CT molecular complexity index is 712. The van der Waals surface area contributed by atoms with Crippen molar-refractivity contribution in [2.75, 3.05) is 20.6 Å². The molecule has 0 saturated carbocycles. The second kappa shape index (κ2) is 7.46. The Balaban J connectivity index is 2.54. The molecule has 0 bridgehead atoms. The summed E-state index contributed by atoms with van der Waals surface area (Å²) in [6.45, 7) is 0.632. The largest absolute Gasteiger partial charge is 0.508 e. The molecular weight excluding hydrogens is 342 g/mol. The first-order valence-corrected chi connectivity index (χ1v) is 7.67. The molecule has 2 N–H and O–H groups in total. The predicted molar refractivity (Wildman–Crippen MR) is 92.6 cm³/mol. The van der Waals surface area contributed by atoms with Gasteiger partial charge in [-0.25, -0.2) is 0 Å². The fourth-order valence-electron chi connectivity index (χ4n) is 2.07. The highest BCUT2D eigenvalue weighted by Crippen LogP contribution is 2.33. The lowest BCUT2D eigenvalue weighted by Gasteiger charge is -2.11. The third-order valence-corrected chi connectivity index (χ3v) is 3.73. The van der Waals surface area contributed by atoms with E-state index in [1.165, 1.54) is 0 Å². The molecule has 0 heterocycles. The number of hydrogen-bond acceptors (Lipinski definition) is 3. The molecule has 0 radical (unpaired) electrons. The van der Waals surface area contributed by atoms with Crippen molar-refractivity contribution >= 4 is 15.9 Å². The van der Waals surface area contributed by atoms with Crippen LogP contribution in [0.1, 0.15) is 11.1 Å². The second-order valence-electron chi connectivity index (χ2n) is 5.24. The Kier molecular flexibility index (Phi) is 5.62. The highest BCUT2D eigenvalue weighted by molar-refractivity contribution is 9.10. The van der Waals surface area contributed by atoms with Crippen LogP contribution in [0.4, 0.5) is 0 Å². The molecule has 0 amide bonds. The summed E-state index contributed by atoms with van der Waals surface area (Å²) in [6.07, 6.45) is 0. The van der Waals surface area contributed by atoms with E-state index in [4.69, 9.17) is 0 Å². The fourth-order valence-corrected chi connectivity index (χ4v) is 2.80. The lowest BCUT2D eigenvalue weighted by molar-refractivity contribution is 0.282. The molecule has 0 atom stereocenters. The van der Waals surface area contributed by atoms with E-state index in [0.29, 0.717) is 6.54 Å². The highest BCUT2D eigenvalue weighted by Gasteiger charge is 2.10. The SMILES string of the molecule is CN(C)CC#Cc1cc(CO)cc(Br)c1-c1ccc(O)cc1. The van der Waals surface area contributed by atoms with Crippen LogP contribution in [0, 0.1) is 11.8 Å². The van der Waals surface area contributed by atoms with Crippen LogP contribution >= 0.6 is 15.9 Å². The zero-order chi connectivity index (χ0) is 16.1. The summed E-state index contributed by atoms with van der Waals surface area (Å²) >= 11 is 3.56. The van der Waals surface area contributed by atoms with Gasteiger partial charge in [-0.05, 0) is 49.5 Å². The maximum Gasteiger partial charge on any atom is 0.115 e. The summed E-state index contributed by atoms with van der Waals surface area (Å²) in [5.74, 6) is 6.53. The number of phenolic OH excluding ortho intramolecular Hbond substituents is 1. The monoisotopic (exact) mass is 359 g/mol. The van der Waals surface area contributed by atoms with Crippen LogP contribution < -0.4 is 0 Å². The molecule has 0 aliphatic heterocycles. The molecule has 0 fully saturated rings. The van der Waals surface area contributed by atoms with Gasteiger partial charge in [-0.1, -0.05) is 39.9 Å². The minimum Gasteiger partial charge on any atom is -0.508 e. The van der Waals surface area contributed by atoms with Crippen LogP contribution in [0.25, 0.3) is 11.1 Å². The lowest BCUT2D eigenvalue weighted by Crippen LogP contribution is -2.10. The van der Waals surface area contributed by atoms with Gasteiger partial charge in [0.25, 0.3) is 0 Å². The van der Waals surface area contributed by atoms with E-state index in [2.05, 4.69) is 27.8 Å². The first-order valence-electron chi connectivity index (χ1n) is 6.87. The molecular formula is C18H18BrNO2. The van der Waals surface area contributed by atoms with E-state index in [9.17, 15) is 10.2 Å². The van der Waals surface area contributed by atoms with Crippen LogP contribution in [0.3, 0.4) is 0 Å². The Morgan fingerprint density at radius 1 is 1.14 bits per heavy atom. The van der Waals surface area contributed by atoms with Gasteiger partial charge < -0.3 is 10.2 Å². The molecule has 3 nitrogen and oxygen atoms in total. The number of aromatic hydroxyl groups is 1. The second-order valence-corrected chi connectivity index (χ2v) is 6.10. The van der Waals surface area contributed by atoms with Crippen molar-refractivity contribution in [3.8, 4) is 28.7 Å². The van der Waals surface area contributed by atoms with Crippen molar-refractivity contribution < 1.29 is 10.2 Å². The van der Waals surface area contributed by atoms with Crippen molar-refractivity contribution in [1.29, 1.82) is 0 Å². The number of halogens is 1. The van der Waals surface area contributed by atoms with Gasteiger partial charge in [0.1, 0.15) is 5.75 Å². The predicted octanol–water partition coefficient (Wildman–Crippen LogP) is 3.23. The molecule has 0 aromatic heterocycles. The topological polar surface area (TPSA) is 43.7 Å². The van der Waals surface area contributed by atoms with E-state index < -0.39 is 0 Å². The maximum absolute atomic E-state index is 9.45. The first-order chi connectivity index (χ1) is 10.5. The molecule has 0 spiro atoms. The number of nitrogens with zero attached hydrogens (tertiary/aromatic N) is 1. The minimum absolute atomic E-state index is 0.0309. The Morgan fingerprint density at radius 3 is 2.41 bits per heavy atom. The van der Waals surface area contributed by atoms with Crippen molar-refractivity contribution in [2.45, 2.75) is 6.61 Å². The average Bonchev–Trinajstić information content (AvgIpc) is 2.48. The van der Waals surface area contributed by atoms with Crippen molar-refractivity contribution in [3.63, 3.8) is 0 Å². The van der Waals surface area contributed by atoms with E-state index in [-0.39, 0.29) is 12.4 Å². The Morgan fingerprint density at radius 2 is 1.82 bits per heavy atom. The van der Waals surface area contributed by atoms with Gasteiger partial charge in [-0.2, -0.15) is 0 Å². The molecule has 4 heteroatoms. The number of aliphatic hydroxyl groups excluding tert-OH is 1. The van der Waals surface area contributed by atoms with Crippen LogP contribution in [-0.4, -0.2) is 35.8 Å². The molecule has 2 rings (SSSR count). The Labute approximate surface area is 139 Å². The number of benzene rings is 2.